The summed E-state index contributed by atoms with van der Waals surface area (Å²) < 4.78 is 31.6. The summed E-state index contributed by atoms with van der Waals surface area (Å²) in [5.74, 6) is -0.910. The van der Waals surface area contributed by atoms with Gasteiger partial charge in [0.25, 0.3) is 0 Å². The Morgan fingerprint density at radius 3 is 2.67 bits per heavy atom. The third-order valence-corrected chi connectivity index (χ3v) is 4.43. The predicted molar refractivity (Wildman–Crippen MR) is 86.7 cm³/mol. The number of ether oxygens (including phenoxy) is 1. The fourth-order valence-corrected chi connectivity index (χ4v) is 3.06. The fraction of sp³-hybridized carbons (Fsp3) is 0.316. The molecule has 0 aromatic heterocycles. The highest BCUT2D eigenvalue weighted by molar-refractivity contribution is 5.83. The van der Waals surface area contributed by atoms with E-state index in [-0.39, 0.29) is 24.3 Å². The summed E-state index contributed by atoms with van der Waals surface area (Å²) >= 11 is 0. The second-order valence-electron chi connectivity index (χ2n) is 6.13. The minimum Gasteiger partial charge on any atom is -0.496 e. The number of hydrogen-bond acceptors (Lipinski definition) is 2. The Kier molecular flexibility index (Phi) is 4.51. The Balaban J connectivity index is 1.66. The third kappa shape index (κ3) is 3.25. The number of carbonyl (C=O) groups excluding carboxylic acids is 1. The van der Waals surface area contributed by atoms with Crippen LogP contribution in [0.1, 0.15) is 23.5 Å². The molecule has 2 atom stereocenters. The third-order valence-electron chi connectivity index (χ3n) is 4.43. The number of rotatable bonds is 5. The zero-order valence-electron chi connectivity index (χ0n) is 13.6. The van der Waals surface area contributed by atoms with E-state index in [1.165, 1.54) is 6.07 Å². The molecule has 2 aromatic carbocycles. The maximum atomic E-state index is 13.3. The molecule has 0 radical (unpaired) electrons. The standard InChI is InChI=1S/C19H19F2NO2/c1-22(11-12-7-8-16(20)17(21)9-12)19(23)15-10-14(15)13-5-3-4-6-18(13)24-2/h3-9,14-15H,10-11H2,1-2H3. The first-order valence-corrected chi connectivity index (χ1v) is 7.83. The fourth-order valence-electron chi connectivity index (χ4n) is 3.06. The molecule has 24 heavy (non-hydrogen) atoms. The average Bonchev–Trinajstić information content (AvgIpc) is 3.38. The van der Waals surface area contributed by atoms with Crippen molar-refractivity contribution in [3.05, 3.63) is 65.2 Å². The van der Waals surface area contributed by atoms with Crippen molar-refractivity contribution in [3.8, 4) is 5.75 Å². The topological polar surface area (TPSA) is 29.5 Å². The van der Waals surface area contributed by atoms with Gasteiger partial charge >= 0.3 is 0 Å². The summed E-state index contributed by atoms with van der Waals surface area (Å²) in [4.78, 5) is 14.1. The molecule has 0 N–H and O–H groups in total. The second kappa shape index (κ2) is 6.59. The number of benzene rings is 2. The van der Waals surface area contributed by atoms with Gasteiger partial charge in [-0.1, -0.05) is 24.3 Å². The number of nitrogens with zero attached hydrogens (tertiary/aromatic N) is 1. The maximum Gasteiger partial charge on any atom is 0.226 e. The van der Waals surface area contributed by atoms with Gasteiger partial charge in [-0.15, -0.1) is 0 Å². The summed E-state index contributed by atoms with van der Waals surface area (Å²) in [5.41, 5.74) is 1.61. The molecule has 126 valence electrons. The number of halogens is 2. The van der Waals surface area contributed by atoms with Crippen LogP contribution in [-0.2, 0) is 11.3 Å². The molecule has 3 rings (SSSR count). The highest BCUT2D eigenvalue weighted by Gasteiger charge is 2.46. The van der Waals surface area contributed by atoms with Gasteiger partial charge in [0.15, 0.2) is 11.6 Å². The van der Waals surface area contributed by atoms with Crippen molar-refractivity contribution in [2.24, 2.45) is 5.92 Å². The van der Waals surface area contributed by atoms with E-state index in [4.69, 9.17) is 4.74 Å². The normalized spacial score (nSPS) is 19.0. The highest BCUT2D eigenvalue weighted by Crippen LogP contribution is 2.51. The smallest absolute Gasteiger partial charge is 0.226 e. The Morgan fingerprint density at radius 2 is 1.96 bits per heavy atom. The monoisotopic (exact) mass is 331 g/mol. The second-order valence-corrected chi connectivity index (χ2v) is 6.13. The molecule has 1 saturated carbocycles. The van der Waals surface area contributed by atoms with Crippen molar-refractivity contribution in [1.29, 1.82) is 0 Å². The van der Waals surface area contributed by atoms with E-state index >= 15 is 0 Å². The minimum absolute atomic E-state index is 0.00985. The van der Waals surface area contributed by atoms with E-state index in [2.05, 4.69) is 0 Å². The van der Waals surface area contributed by atoms with Gasteiger partial charge in [-0.3, -0.25) is 4.79 Å². The van der Waals surface area contributed by atoms with Crippen LogP contribution >= 0.6 is 0 Å². The Labute approximate surface area is 139 Å². The quantitative estimate of drug-likeness (QED) is 0.835. The molecule has 2 aromatic rings. The lowest BCUT2D eigenvalue weighted by atomic mass is 10.1. The van der Waals surface area contributed by atoms with Crippen LogP contribution < -0.4 is 4.74 Å². The molecule has 1 aliphatic carbocycles. The lowest BCUT2D eigenvalue weighted by Crippen LogP contribution is -2.28. The van der Waals surface area contributed by atoms with Crippen molar-refractivity contribution in [1.82, 2.24) is 4.90 Å². The summed E-state index contributed by atoms with van der Waals surface area (Å²) in [6.07, 6.45) is 0.779. The SMILES string of the molecule is COc1ccccc1C1CC1C(=O)N(C)Cc1ccc(F)c(F)c1. The van der Waals surface area contributed by atoms with Crippen molar-refractivity contribution in [3.63, 3.8) is 0 Å². The molecule has 1 aliphatic rings. The summed E-state index contributed by atoms with van der Waals surface area (Å²) in [6.45, 7) is 0.255. The van der Waals surface area contributed by atoms with Crippen LogP contribution in [-0.4, -0.2) is 25.0 Å². The molecule has 0 bridgehead atoms. The zero-order chi connectivity index (χ0) is 17.3. The molecule has 0 saturated heterocycles. The first-order chi connectivity index (χ1) is 11.5. The van der Waals surface area contributed by atoms with Crippen LogP contribution in [0.2, 0.25) is 0 Å². The Bertz CT molecular complexity index is 763. The zero-order valence-corrected chi connectivity index (χ0v) is 13.6. The van der Waals surface area contributed by atoms with E-state index in [0.717, 1.165) is 29.9 Å². The molecule has 2 unspecified atom stereocenters. The van der Waals surface area contributed by atoms with Crippen LogP contribution in [0.25, 0.3) is 0 Å². The number of methoxy groups -OCH3 is 1. The van der Waals surface area contributed by atoms with Crippen LogP contribution in [0.4, 0.5) is 8.78 Å². The molecule has 3 nitrogen and oxygen atoms in total. The van der Waals surface area contributed by atoms with Crippen LogP contribution in [0.3, 0.4) is 0 Å². The largest absolute Gasteiger partial charge is 0.496 e. The van der Waals surface area contributed by atoms with Crippen molar-refractivity contribution in [2.45, 2.75) is 18.9 Å². The summed E-state index contributed by atoms with van der Waals surface area (Å²) in [6, 6.07) is 11.4. The van der Waals surface area contributed by atoms with Gasteiger partial charge in [0, 0.05) is 19.5 Å². The van der Waals surface area contributed by atoms with E-state index in [1.807, 2.05) is 24.3 Å². The number of hydrogen-bond donors (Lipinski definition) is 0. The van der Waals surface area contributed by atoms with Crippen LogP contribution in [0, 0.1) is 17.6 Å². The molecular weight excluding hydrogens is 312 g/mol. The van der Waals surface area contributed by atoms with Crippen molar-refractivity contribution >= 4 is 5.91 Å². The van der Waals surface area contributed by atoms with Gasteiger partial charge in [0.1, 0.15) is 5.75 Å². The van der Waals surface area contributed by atoms with Crippen LogP contribution in [0.15, 0.2) is 42.5 Å². The number of amides is 1. The average molecular weight is 331 g/mol. The van der Waals surface area contributed by atoms with Crippen molar-refractivity contribution < 1.29 is 18.3 Å². The first-order valence-electron chi connectivity index (χ1n) is 7.83. The summed E-state index contributed by atoms with van der Waals surface area (Å²) in [7, 11) is 3.30. The molecule has 5 heteroatoms. The molecule has 0 spiro atoms. The lowest BCUT2D eigenvalue weighted by Gasteiger charge is -2.18. The van der Waals surface area contributed by atoms with Gasteiger partial charge in [0.2, 0.25) is 5.91 Å². The number of para-hydroxylation sites is 1. The van der Waals surface area contributed by atoms with E-state index in [1.54, 1.807) is 19.1 Å². The van der Waals surface area contributed by atoms with E-state index < -0.39 is 11.6 Å². The predicted octanol–water partition coefficient (Wildman–Crippen LogP) is 3.74. The van der Waals surface area contributed by atoms with Gasteiger partial charge in [0.05, 0.1) is 7.11 Å². The maximum absolute atomic E-state index is 13.3. The van der Waals surface area contributed by atoms with E-state index in [0.29, 0.717) is 5.56 Å². The van der Waals surface area contributed by atoms with E-state index in [9.17, 15) is 13.6 Å². The minimum atomic E-state index is -0.897. The summed E-state index contributed by atoms with van der Waals surface area (Å²) in [5, 5.41) is 0. The number of carbonyl (C=O) groups is 1. The highest BCUT2D eigenvalue weighted by atomic mass is 19.2. The van der Waals surface area contributed by atoms with Gasteiger partial charge < -0.3 is 9.64 Å². The lowest BCUT2D eigenvalue weighted by molar-refractivity contribution is -0.131. The van der Waals surface area contributed by atoms with Crippen molar-refractivity contribution in [2.75, 3.05) is 14.2 Å². The molecule has 1 amide bonds. The molecule has 0 heterocycles. The van der Waals surface area contributed by atoms with Gasteiger partial charge in [-0.2, -0.15) is 0 Å². The molecule has 1 fully saturated rings. The van der Waals surface area contributed by atoms with Gasteiger partial charge in [-0.05, 0) is 41.7 Å². The molecular formula is C19H19F2NO2. The first kappa shape index (κ1) is 16.4. The Morgan fingerprint density at radius 1 is 1.21 bits per heavy atom. The Hall–Kier alpha value is -2.43. The van der Waals surface area contributed by atoms with Crippen LogP contribution in [0.5, 0.6) is 5.75 Å². The molecule has 0 aliphatic heterocycles. The van der Waals surface area contributed by atoms with Gasteiger partial charge in [-0.25, -0.2) is 8.78 Å².